The van der Waals surface area contributed by atoms with Crippen LogP contribution in [0.2, 0.25) is 0 Å². The van der Waals surface area contributed by atoms with Gasteiger partial charge in [0.05, 0.1) is 17.8 Å². The number of rotatable bonds is 4. The van der Waals surface area contributed by atoms with Crippen molar-refractivity contribution in [3.05, 3.63) is 170 Å². The van der Waals surface area contributed by atoms with Gasteiger partial charge in [-0.2, -0.15) is 0 Å². The normalized spacial score (nSPS) is 15.6. The van der Waals surface area contributed by atoms with E-state index in [1.165, 1.54) is 0 Å². The molecule has 8 aromatic carbocycles. The second-order valence-corrected chi connectivity index (χ2v) is 10.7. The molecule has 0 radical (unpaired) electrons. The molecule has 9 aromatic rings. The minimum absolute atomic E-state index is 0.00878. The van der Waals surface area contributed by atoms with Crippen molar-refractivity contribution in [1.82, 2.24) is 0 Å². The molecule has 0 amide bonds. The number of furan rings is 1. The van der Waals surface area contributed by atoms with Crippen molar-refractivity contribution in [3.8, 4) is 44.7 Å². The fourth-order valence-electron chi connectivity index (χ4n) is 6.19. The summed E-state index contributed by atoms with van der Waals surface area (Å²) in [5, 5.41) is 1.36. The minimum atomic E-state index is -0.725. The Morgan fingerprint density at radius 2 is 0.978 bits per heavy atom. The quantitative estimate of drug-likeness (QED) is 0.187. The second-order valence-electron chi connectivity index (χ2n) is 10.7. The Labute approximate surface area is 279 Å². The van der Waals surface area contributed by atoms with Crippen molar-refractivity contribution in [2.24, 2.45) is 0 Å². The van der Waals surface area contributed by atoms with E-state index in [0.29, 0.717) is 16.5 Å². The first-order chi connectivity index (χ1) is 27.7. The summed E-state index contributed by atoms with van der Waals surface area (Å²) >= 11 is 0. The molecule has 0 fully saturated rings. The van der Waals surface area contributed by atoms with Crippen molar-refractivity contribution in [3.63, 3.8) is 0 Å². The van der Waals surface area contributed by atoms with E-state index in [1.54, 1.807) is 6.07 Å². The van der Waals surface area contributed by atoms with Gasteiger partial charge in [0.15, 0.2) is 0 Å². The third-order valence-electron chi connectivity index (χ3n) is 8.18. The van der Waals surface area contributed by atoms with E-state index in [2.05, 4.69) is 0 Å². The summed E-state index contributed by atoms with van der Waals surface area (Å²) in [4.78, 5) is 0. The van der Waals surface area contributed by atoms with E-state index in [1.807, 2.05) is 84.9 Å². The monoisotopic (exact) mass is 585 g/mol. The molecular formula is C44H28O. The molecule has 0 bridgehead atoms. The average molecular weight is 586 g/mol. The summed E-state index contributed by atoms with van der Waals surface area (Å²) in [6.45, 7) is 0. The van der Waals surface area contributed by atoms with Gasteiger partial charge in [-0.15, -0.1) is 0 Å². The van der Waals surface area contributed by atoms with Crippen molar-refractivity contribution in [2.75, 3.05) is 0 Å². The lowest BCUT2D eigenvalue weighted by molar-refractivity contribution is 0.633. The Morgan fingerprint density at radius 3 is 1.69 bits per heavy atom. The molecule has 1 nitrogen and oxygen atoms in total. The van der Waals surface area contributed by atoms with Crippen LogP contribution in [0.3, 0.4) is 0 Å². The SMILES string of the molecule is [2H]c1c([2H])c([2H])c(-c2c3c([2H])c([2H])c([2H])c([2H])c3c(-c3c(-c4ccc5ccccc5c4)oc4cc(-c5ccccc5)ccc34)c3c([2H])c([2H])c([2H])c([2H])c23)c([2H])c1[2H]. The molecule has 0 aliphatic heterocycles. The second kappa shape index (κ2) is 10.4. The van der Waals surface area contributed by atoms with Crippen molar-refractivity contribution in [2.45, 2.75) is 0 Å². The van der Waals surface area contributed by atoms with E-state index >= 15 is 0 Å². The van der Waals surface area contributed by atoms with E-state index in [-0.39, 0.29) is 44.0 Å². The van der Waals surface area contributed by atoms with Crippen LogP contribution >= 0.6 is 0 Å². The molecule has 210 valence electrons. The smallest absolute Gasteiger partial charge is 0.143 e. The molecule has 0 saturated carbocycles. The van der Waals surface area contributed by atoms with Gasteiger partial charge in [-0.1, -0.05) is 151 Å². The standard InChI is InChI=1S/C44H28O/c1-3-13-29(14-4-1)33-25-26-39-40(28-33)45-44(34-24-23-30-15-7-8-18-32(30)27-34)43(39)42-37-21-11-9-19-35(37)41(31-16-5-2-6-17-31)36-20-10-12-22-38(36)42/h1-28H/i2D,5D,6D,9D,10D,11D,12D,16D,17D,19D,20D,21D,22D. The maximum Gasteiger partial charge on any atom is 0.143 e. The molecular weight excluding hydrogens is 544 g/mol. The van der Waals surface area contributed by atoms with Gasteiger partial charge >= 0.3 is 0 Å². The van der Waals surface area contributed by atoms with Gasteiger partial charge in [0.2, 0.25) is 0 Å². The first-order valence-corrected chi connectivity index (χ1v) is 14.4. The van der Waals surface area contributed by atoms with E-state index in [4.69, 9.17) is 16.8 Å². The van der Waals surface area contributed by atoms with Gasteiger partial charge in [-0.05, 0) is 72.8 Å². The van der Waals surface area contributed by atoms with Crippen molar-refractivity contribution >= 4 is 43.3 Å². The molecule has 0 saturated heterocycles. The fourth-order valence-corrected chi connectivity index (χ4v) is 6.19. The number of hydrogen-bond acceptors (Lipinski definition) is 1. The maximum atomic E-state index is 9.48. The number of benzene rings is 8. The van der Waals surface area contributed by atoms with Gasteiger partial charge in [0, 0.05) is 22.1 Å². The van der Waals surface area contributed by atoms with Gasteiger partial charge in [0.25, 0.3) is 0 Å². The molecule has 1 aromatic heterocycles. The molecule has 0 aliphatic rings. The van der Waals surface area contributed by atoms with Gasteiger partial charge in [0.1, 0.15) is 11.3 Å². The Morgan fingerprint density at radius 1 is 0.378 bits per heavy atom. The molecule has 0 spiro atoms. The Hall–Kier alpha value is -5.92. The van der Waals surface area contributed by atoms with E-state index in [0.717, 1.165) is 21.9 Å². The van der Waals surface area contributed by atoms with Gasteiger partial charge in [-0.25, -0.2) is 0 Å². The largest absolute Gasteiger partial charge is 0.455 e. The van der Waals surface area contributed by atoms with Crippen LogP contribution in [0.5, 0.6) is 0 Å². The molecule has 0 aliphatic carbocycles. The van der Waals surface area contributed by atoms with Crippen LogP contribution in [-0.2, 0) is 0 Å². The number of hydrogen-bond donors (Lipinski definition) is 0. The van der Waals surface area contributed by atoms with Crippen LogP contribution in [0.15, 0.2) is 174 Å². The molecule has 9 rings (SSSR count). The van der Waals surface area contributed by atoms with Gasteiger partial charge in [-0.3, -0.25) is 0 Å². The predicted octanol–water partition coefficient (Wildman–Crippen LogP) is 12.6. The van der Waals surface area contributed by atoms with Crippen LogP contribution in [-0.4, -0.2) is 0 Å². The molecule has 1 heterocycles. The summed E-state index contributed by atoms with van der Waals surface area (Å²) in [6.07, 6.45) is 0. The topological polar surface area (TPSA) is 13.1 Å². The zero-order valence-electron chi connectivity index (χ0n) is 36.6. The highest BCUT2D eigenvalue weighted by atomic mass is 16.3. The van der Waals surface area contributed by atoms with Crippen LogP contribution in [0, 0.1) is 0 Å². The first-order valence-electron chi connectivity index (χ1n) is 20.9. The Kier molecular flexibility index (Phi) is 3.62. The Balaban J connectivity index is 1.58. The summed E-state index contributed by atoms with van der Waals surface area (Å²) in [7, 11) is 0. The highest BCUT2D eigenvalue weighted by Crippen LogP contribution is 2.50. The van der Waals surface area contributed by atoms with Crippen molar-refractivity contribution < 1.29 is 22.2 Å². The third kappa shape index (κ3) is 4.17. The molecule has 0 unspecified atom stereocenters. The minimum Gasteiger partial charge on any atom is -0.455 e. The highest BCUT2D eigenvalue weighted by molar-refractivity contribution is 6.25. The summed E-state index contributed by atoms with van der Waals surface area (Å²) < 4.78 is 123. The molecule has 0 N–H and O–H groups in total. The summed E-state index contributed by atoms with van der Waals surface area (Å²) in [6, 6.07) is 19.9. The lowest BCUT2D eigenvalue weighted by Crippen LogP contribution is -1.91. The molecule has 1 heteroatoms. The zero-order chi connectivity index (χ0) is 41.1. The van der Waals surface area contributed by atoms with Crippen LogP contribution in [0.25, 0.3) is 88.0 Å². The predicted molar refractivity (Wildman–Crippen MR) is 190 cm³/mol. The van der Waals surface area contributed by atoms with Crippen LogP contribution in [0.4, 0.5) is 0 Å². The van der Waals surface area contributed by atoms with Crippen molar-refractivity contribution in [1.29, 1.82) is 0 Å². The van der Waals surface area contributed by atoms with E-state index in [9.17, 15) is 5.48 Å². The average Bonchev–Trinajstić information content (AvgIpc) is 3.62. The lowest BCUT2D eigenvalue weighted by Gasteiger charge is -2.18. The van der Waals surface area contributed by atoms with Gasteiger partial charge < -0.3 is 4.42 Å². The molecule has 0 atom stereocenters. The summed E-state index contributed by atoms with van der Waals surface area (Å²) in [5.41, 5.74) is 2.15. The summed E-state index contributed by atoms with van der Waals surface area (Å²) in [5.74, 6) is 0.254. The lowest BCUT2D eigenvalue weighted by atomic mass is 9.84. The molecule has 45 heavy (non-hydrogen) atoms. The fraction of sp³-hybridized carbons (Fsp3) is 0. The van der Waals surface area contributed by atoms with Crippen LogP contribution < -0.4 is 0 Å². The first kappa shape index (κ1) is 15.7. The highest BCUT2D eigenvalue weighted by Gasteiger charge is 2.24. The van der Waals surface area contributed by atoms with Crippen LogP contribution in [0.1, 0.15) is 17.8 Å². The number of fused-ring (bicyclic) bond motifs is 4. The third-order valence-corrected chi connectivity index (χ3v) is 8.18. The van der Waals surface area contributed by atoms with E-state index < -0.39 is 84.1 Å². The Bertz CT molecular complexity index is 3150. The zero-order valence-corrected chi connectivity index (χ0v) is 23.6. The maximum absolute atomic E-state index is 9.48.